The molecule has 0 saturated carbocycles. The molecule has 1 unspecified atom stereocenters. The first-order valence-corrected chi connectivity index (χ1v) is 5.51. The number of carboxylic acid groups (broad SMARTS) is 1. The van der Waals surface area contributed by atoms with Crippen molar-refractivity contribution in [3.8, 4) is 0 Å². The second-order valence-electron chi connectivity index (χ2n) is 3.48. The van der Waals surface area contributed by atoms with Crippen LogP contribution in [0.4, 0.5) is 0 Å². The highest BCUT2D eigenvalue weighted by Crippen LogP contribution is 2.20. The Hall–Kier alpha value is -0.870. The summed E-state index contributed by atoms with van der Waals surface area (Å²) in [7, 11) is 0. The van der Waals surface area contributed by atoms with Crippen LogP contribution in [0.5, 0.6) is 0 Å². The van der Waals surface area contributed by atoms with E-state index in [0.717, 1.165) is 22.2 Å². The summed E-state index contributed by atoms with van der Waals surface area (Å²) in [5.41, 5.74) is 1.91. The van der Waals surface area contributed by atoms with Crippen LogP contribution in [0.3, 0.4) is 0 Å². The van der Waals surface area contributed by atoms with E-state index in [1.54, 1.807) is 0 Å². The van der Waals surface area contributed by atoms with E-state index in [2.05, 4.69) is 20.9 Å². The summed E-state index contributed by atoms with van der Waals surface area (Å²) in [5.74, 6) is -0.831. The molecule has 1 aliphatic heterocycles. The Morgan fingerprint density at radius 2 is 2.00 bits per heavy atom. The summed E-state index contributed by atoms with van der Waals surface area (Å²) in [6.07, 6.45) is 1.36. The first kappa shape index (κ1) is 13.2. The standard InChI is InChI=1S/C11H10BrNO2.ClH/c12-8-3-1-7(2-4-8)9-5-6-10(13-9)11(14)15;/h1-4,10H,5-6H2,(H,14,15);1H. The minimum Gasteiger partial charge on any atom is -0.480 e. The van der Waals surface area contributed by atoms with Crippen molar-refractivity contribution in [1.29, 1.82) is 0 Å². The van der Waals surface area contributed by atoms with Gasteiger partial charge in [0, 0.05) is 10.2 Å². The van der Waals surface area contributed by atoms with Gasteiger partial charge in [-0.25, -0.2) is 4.79 Å². The Balaban J connectivity index is 0.00000128. The minimum atomic E-state index is -0.831. The zero-order chi connectivity index (χ0) is 10.8. The van der Waals surface area contributed by atoms with Crippen molar-refractivity contribution in [2.24, 2.45) is 4.99 Å². The van der Waals surface area contributed by atoms with Gasteiger partial charge < -0.3 is 5.11 Å². The first-order chi connectivity index (χ1) is 7.16. The van der Waals surface area contributed by atoms with Crippen LogP contribution in [-0.4, -0.2) is 22.8 Å². The highest BCUT2D eigenvalue weighted by atomic mass is 79.9. The van der Waals surface area contributed by atoms with Crippen molar-refractivity contribution in [2.45, 2.75) is 18.9 Å². The molecule has 1 aliphatic rings. The lowest BCUT2D eigenvalue weighted by Gasteiger charge is -1.99. The van der Waals surface area contributed by atoms with Crippen LogP contribution in [-0.2, 0) is 4.79 Å². The SMILES string of the molecule is Cl.O=C(O)C1CCC(c2ccc(Br)cc2)=N1. The number of carboxylic acids is 1. The molecule has 0 spiro atoms. The Morgan fingerprint density at radius 3 is 2.50 bits per heavy atom. The van der Waals surface area contributed by atoms with Gasteiger partial charge in [0.15, 0.2) is 0 Å². The highest BCUT2D eigenvalue weighted by molar-refractivity contribution is 9.10. The van der Waals surface area contributed by atoms with Gasteiger partial charge in [0.25, 0.3) is 0 Å². The van der Waals surface area contributed by atoms with Crippen LogP contribution in [0.1, 0.15) is 18.4 Å². The number of carbonyl (C=O) groups is 1. The minimum absolute atomic E-state index is 0. The molecule has 0 amide bonds. The maximum absolute atomic E-state index is 10.7. The molecule has 86 valence electrons. The molecule has 0 radical (unpaired) electrons. The van der Waals surface area contributed by atoms with Gasteiger partial charge in [-0.1, -0.05) is 28.1 Å². The molecule has 1 atom stereocenters. The number of halogens is 2. The average molecular weight is 305 g/mol. The molecule has 1 aromatic carbocycles. The third-order valence-corrected chi connectivity index (χ3v) is 2.96. The second kappa shape index (κ2) is 5.46. The van der Waals surface area contributed by atoms with Gasteiger partial charge in [-0.3, -0.25) is 4.99 Å². The lowest BCUT2D eigenvalue weighted by atomic mass is 10.1. The molecule has 0 bridgehead atoms. The molecule has 2 rings (SSSR count). The topological polar surface area (TPSA) is 49.7 Å². The van der Waals surface area contributed by atoms with E-state index in [1.807, 2.05) is 24.3 Å². The predicted molar refractivity (Wildman–Crippen MR) is 68.6 cm³/mol. The number of nitrogens with zero attached hydrogens (tertiary/aromatic N) is 1. The summed E-state index contributed by atoms with van der Waals surface area (Å²) >= 11 is 3.36. The molecule has 0 fully saturated rings. The number of rotatable bonds is 2. The van der Waals surface area contributed by atoms with Crippen molar-refractivity contribution in [2.75, 3.05) is 0 Å². The molecule has 1 aromatic rings. The lowest BCUT2D eigenvalue weighted by molar-refractivity contribution is -0.138. The van der Waals surface area contributed by atoms with Crippen molar-refractivity contribution in [3.05, 3.63) is 34.3 Å². The Kier molecular flexibility index (Phi) is 4.50. The largest absolute Gasteiger partial charge is 0.480 e. The molecular formula is C11H11BrClNO2. The quantitative estimate of drug-likeness (QED) is 0.913. The summed E-state index contributed by atoms with van der Waals surface area (Å²) in [4.78, 5) is 14.9. The van der Waals surface area contributed by atoms with E-state index < -0.39 is 12.0 Å². The molecule has 0 aliphatic carbocycles. The van der Waals surface area contributed by atoms with Gasteiger partial charge in [0.1, 0.15) is 6.04 Å². The second-order valence-corrected chi connectivity index (χ2v) is 4.39. The van der Waals surface area contributed by atoms with Gasteiger partial charge in [0.2, 0.25) is 0 Å². The van der Waals surface area contributed by atoms with Crippen molar-refractivity contribution in [1.82, 2.24) is 0 Å². The molecule has 16 heavy (non-hydrogen) atoms. The van der Waals surface area contributed by atoms with E-state index in [-0.39, 0.29) is 12.4 Å². The Labute approximate surface area is 108 Å². The van der Waals surface area contributed by atoms with Gasteiger partial charge in [-0.05, 0) is 30.5 Å². The van der Waals surface area contributed by atoms with E-state index in [0.29, 0.717) is 6.42 Å². The third kappa shape index (κ3) is 2.83. The normalized spacial score (nSPS) is 18.8. The van der Waals surface area contributed by atoms with E-state index in [1.165, 1.54) is 0 Å². The number of hydrogen-bond donors (Lipinski definition) is 1. The lowest BCUT2D eigenvalue weighted by Crippen LogP contribution is -2.13. The van der Waals surface area contributed by atoms with Crippen LogP contribution < -0.4 is 0 Å². The van der Waals surface area contributed by atoms with Crippen molar-refractivity contribution >= 4 is 40.0 Å². The van der Waals surface area contributed by atoms with Crippen LogP contribution in [0.15, 0.2) is 33.7 Å². The van der Waals surface area contributed by atoms with E-state index in [4.69, 9.17) is 5.11 Å². The van der Waals surface area contributed by atoms with Crippen molar-refractivity contribution in [3.63, 3.8) is 0 Å². The summed E-state index contributed by atoms with van der Waals surface area (Å²) in [6, 6.07) is 7.22. The van der Waals surface area contributed by atoms with E-state index >= 15 is 0 Å². The summed E-state index contributed by atoms with van der Waals surface area (Å²) in [6.45, 7) is 0. The fourth-order valence-corrected chi connectivity index (χ4v) is 1.89. The number of hydrogen-bond acceptors (Lipinski definition) is 2. The first-order valence-electron chi connectivity index (χ1n) is 4.72. The fraction of sp³-hybridized carbons (Fsp3) is 0.273. The van der Waals surface area contributed by atoms with Crippen LogP contribution in [0.25, 0.3) is 0 Å². The molecule has 5 heteroatoms. The van der Waals surface area contributed by atoms with Crippen LogP contribution >= 0.6 is 28.3 Å². The van der Waals surface area contributed by atoms with Crippen molar-refractivity contribution < 1.29 is 9.90 Å². The van der Waals surface area contributed by atoms with Crippen LogP contribution in [0.2, 0.25) is 0 Å². The third-order valence-electron chi connectivity index (χ3n) is 2.43. The van der Waals surface area contributed by atoms with Gasteiger partial charge in [-0.15, -0.1) is 12.4 Å². The molecule has 3 nitrogen and oxygen atoms in total. The monoisotopic (exact) mass is 303 g/mol. The smallest absolute Gasteiger partial charge is 0.328 e. The Bertz CT molecular complexity index is 416. The number of aliphatic carboxylic acids is 1. The van der Waals surface area contributed by atoms with Gasteiger partial charge in [0.05, 0.1) is 0 Å². The summed E-state index contributed by atoms with van der Waals surface area (Å²) in [5, 5.41) is 8.81. The maximum Gasteiger partial charge on any atom is 0.328 e. The highest BCUT2D eigenvalue weighted by Gasteiger charge is 2.23. The van der Waals surface area contributed by atoms with Gasteiger partial charge >= 0.3 is 5.97 Å². The molecule has 1 heterocycles. The maximum atomic E-state index is 10.7. The predicted octanol–water partition coefficient (Wildman–Crippen LogP) is 2.91. The van der Waals surface area contributed by atoms with E-state index in [9.17, 15) is 4.79 Å². The Morgan fingerprint density at radius 1 is 1.38 bits per heavy atom. The average Bonchev–Trinajstić information content (AvgIpc) is 2.68. The van der Waals surface area contributed by atoms with Gasteiger partial charge in [-0.2, -0.15) is 0 Å². The number of aliphatic imine (C=N–C) groups is 1. The molecular weight excluding hydrogens is 293 g/mol. The zero-order valence-electron chi connectivity index (χ0n) is 8.39. The molecule has 0 aromatic heterocycles. The van der Waals surface area contributed by atoms with Crippen LogP contribution in [0, 0.1) is 0 Å². The number of benzene rings is 1. The zero-order valence-corrected chi connectivity index (χ0v) is 10.8. The molecule has 1 N–H and O–H groups in total. The fourth-order valence-electron chi connectivity index (χ4n) is 1.63. The summed E-state index contributed by atoms with van der Waals surface area (Å²) < 4.78 is 1.01. The molecule has 0 saturated heterocycles.